The van der Waals surface area contributed by atoms with Gasteiger partial charge < -0.3 is 15.4 Å². The molecule has 2 aliphatic rings. The van der Waals surface area contributed by atoms with Gasteiger partial charge in [0.1, 0.15) is 11.2 Å². The number of amides is 1. The summed E-state index contributed by atoms with van der Waals surface area (Å²) in [6.45, 7) is 9.23. The van der Waals surface area contributed by atoms with Crippen LogP contribution in [0, 0.1) is 11.2 Å². The van der Waals surface area contributed by atoms with Crippen LogP contribution in [0.3, 0.4) is 0 Å². The second-order valence-corrected chi connectivity index (χ2v) is 10.7. The van der Waals surface area contributed by atoms with E-state index < -0.39 is 17.2 Å². The maximum absolute atomic E-state index is 15.5. The SMILES string of the molecule is CCOCC1NC(CC(C)(C)C)C2(C(=O)Nc3cc(Cl)ccc32)C1c1cccc(Cl)c1F. The number of benzene rings is 2. The van der Waals surface area contributed by atoms with Crippen molar-refractivity contribution in [3.8, 4) is 0 Å². The molecule has 4 atom stereocenters. The number of rotatable bonds is 5. The van der Waals surface area contributed by atoms with E-state index in [9.17, 15) is 4.79 Å². The number of nitrogens with one attached hydrogen (secondary N) is 2. The number of carbonyl (C=O) groups excluding carboxylic acids is 1. The lowest BCUT2D eigenvalue weighted by Crippen LogP contribution is -2.49. The van der Waals surface area contributed by atoms with Gasteiger partial charge >= 0.3 is 0 Å². The molecule has 1 spiro atoms. The van der Waals surface area contributed by atoms with Crippen LogP contribution in [-0.4, -0.2) is 31.2 Å². The van der Waals surface area contributed by atoms with Crippen LogP contribution >= 0.6 is 23.2 Å². The van der Waals surface area contributed by atoms with E-state index in [1.165, 1.54) is 6.07 Å². The Hall–Kier alpha value is -1.66. The summed E-state index contributed by atoms with van der Waals surface area (Å²) in [6, 6.07) is 9.93. The highest BCUT2D eigenvalue weighted by atomic mass is 35.5. The van der Waals surface area contributed by atoms with E-state index in [1.807, 2.05) is 13.0 Å². The first-order valence-corrected chi connectivity index (χ1v) is 11.7. The summed E-state index contributed by atoms with van der Waals surface area (Å²) in [4.78, 5) is 13.9. The second-order valence-electron chi connectivity index (χ2n) is 9.88. The van der Waals surface area contributed by atoms with Gasteiger partial charge in [-0.1, -0.05) is 62.2 Å². The van der Waals surface area contributed by atoms with Crippen molar-refractivity contribution in [2.75, 3.05) is 18.5 Å². The van der Waals surface area contributed by atoms with E-state index >= 15 is 4.39 Å². The van der Waals surface area contributed by atoms with E-state index in [2.05, 4.69) is 31.4 Å². The van der Waals surface area contributed by atoms with Crippen LogP contribution in [0.15, 0.2) is 36.4 Å². The van der Waals surface area contributed by atoms with Gasteiger partial charge in [-0.2, -0.15) is 0 Å². The minimum absolute atomic E-state index is 0.0433. The minimum atomic E-state index is -1.03. The molecular weight excluding hydrogens is 450 g/mol. The van der Waals surface area contributed by atoms with Gasteiger partial charge in [0.2, 0.25) is 5.91 Å². The van der Waals surface area contributed by atoms with Crippen molar-refractivity contribution in [3.63, 3.8) is 0 Å². The minimum Gasteiger partial charge on any atom is -0.380 e. The summed E-state index contributed by atoms with van der Waals surface area (Å²) in [6.07, 6.45) is 0.712. The highest BCUT2D eigenvalue weighted by molar-refractivity contribution is 6.31. The third kappa shape index (κ3) is 3.83. The Morgan fingerprint density at radius 1 is 1.19 bits per heavy atom. The lowest BCUT2D eigenvalue weighted by molar-refractivity contribution is -0.122. The summed E-state index contributed by atoms with van der Waals surface area (Å²) in [5.74, 6) is -1.16. The van der Waals surface area contributed by atoms with Gasteiger partial charge in [-0.05, 0) is 48.1 Å². The predicted molar refractivity (Wildman–Crippen MR) is 127 cm³/mol. The summed E-state index contributed by atoms with van der Waals surface area (Å²) in [7, 11) is 0. The van der Waals surface area contributed by atoms with Gasteiger partial charge in [0, 0.05) is 35.3 Å². The number of carbonyl (C=O) groups is 1. The Kier molecular flexibility index (Phi) is 6.32. The lowest BCUT2D eigenvalue weighted by Gasteiger charge is -2.38. The van der Waals surface area contributed by atoms with Crippen molar-refractivity contribution in [3.05, 3.63) is 63.4 Å². The first-order chi connectivity index (χ1) is 15.1. The zero-order chi connectivity index (χ0) is 23.3. The molecule has 4 rings (SSSR count). The van der Waals surface area contributed by atoms with Crippen LogP contribution in [0.4, 0.5) is 10.1 Å². The summed E-state index contributed by atoms with van der Waals surface area (Å²) in [5, 5.41) is 7.29. The summed E-state index contributed by atoms with van der Waals surface area (Å²) in [5.41, 5.74) is 0.826. The quantitative estimate of drug-likeness (QED) is 0.560. The molecule has 2 aromatic rings. The van der Waals surface area contributed by atoms with Gasteiger partial charge in [-0.25, -0.2) is 4.39 Å². The van der Waals surface area contributed by atoms with Crippen LogP contribution < -0.4 is 10.6 Å². The van der Waals surface area contributed by atoms with E-state index in [0.717, 1.165) is 5.56 Å². The fourth-order valence-electron chi connectivity index (χ4n) is 5.45. The van der Waals surface area contributed by atoms with Crippen LogP contribution in [0.25, 0.3) is 0 Å². The maximum atomic E-state index is 15.5. The monoisotopic (exact) mass is 478 g/mol. The third-order valence-corrected chi connectivity index (χ3v) is 7.07. The topological polar surface area (TPSA) is 50.4 Å². The Morgan fingerprint density at radius 2 is 1.94 bits per heavy atom. The molecule has 0 aromatic heterocycles. The molecule has 7 heteroatoms. The number of hydrogen-bond acceptors (Lipinski definition) is 3. The fourth-order valence-corrected chi connectivity index (χ4v) is 5.80. The number of fused-ring (bicyclic) bond motifs is 2. The smallest absolute Gasteiger partial charge is 0.237 e. The number of halogens is 3. The molecule has 32 heavy (non-hydrogen) atoms. The van der Waals surface area contributed by atoms with Crippen molar-refractivity contribution in [2.45, 2.75) is 57.5 Å². The van der Waals surface area contributed by atoms with Crippen molar-refractivity contribution >= 4 is 34.8 Å². The fraction of sp³-hybridized carbons (Fsp3) is 0.480. The number of ether oxygens (including phenoxy) is 1. The molecule has 0 radical (unpaired) electrons. The Morgan fingerprint density at radius 3 is 2.62 bits per heavy atom. The molecule has 172 valence electrons. The Labute approximate surface area is 198 Å². The standard InChI is InChI=1S/C25H29Cl2FN2O2/c1-5-32-13-19-21(15-7-6-8-17(27)22(15)28)25(20(29-19)12-24(2,3)4)16-10-9-14(26)11-18(16)30-23(25)31/h6-11,19-21,29H,5,12-13H2,1-4H3,(H,30,31). The number of hydrogen-bond donors (Lipinski definition) is 2. The molecular formula is C25H29Cl2FN2O2. The molecule has 2 aromatic carbocycles. The first kappa shape index (κ1) is 23.5. The zero-order valence-electron chi connectivity index (χ0n) is 18.8. The van der Waals surface area contributed by atoms with Gasteiger partial charge in [-0.3, -0.25) is 4.79 Å². The van der Waals surface area contributed by atoms with Crippen LogP contribution in [-0.2, 0) is 14.9 Å². The maximum Gasteiger partial charge on any atom is 0.237 e. The number of anilines is 1. The highest BCUT2D eigenvalue weighted by Gasteiger charge is 2.64. The first-order valence-electron chi connectivity index (χ1n) is 11.0. The molecule has 4 nitrogen and oxygen atoms in total. The molecule has 1 fully saturated rings. The van der Waals surface area contributed by atoms with Crippen LogP contribution in [0.1, 0.15) is 51.2 Å². The van der Waals surface area contributed by atoms with Gasteiger partial charge in [-0.15, -0.1) is 0 Å². The highest BCUT2D eigenvalue weighted by Crippen LogP contribution is 2.57. The second kappa shape index (κ2) is 8.60. The molecule has 4 unspecified atom stereocenters. The molecule has 2 heterocycles. The van der Waals surface area contributed by atoms with Crippen LogP contribution in [0.2, 0.25) is 10.0 Å². The van der Waals surface area contributed by atoms with E-state index in [1.54, 1.807) is 24.3 Å². The summed E-state index contributed by atoms with van der Waals surface area (Å²) < 4.78 is 21.3. The third-order valence-electron chi connectivity index (χ3n) is 6.54. The largest absolute Gasteiger partial charge is 0.380 e. The van der Waals surface area contributed by atoms with Crippen LogP contribution in [0.5, 0.6) is 0 Å². The predicted octanol–water partition coefficient (Wildman–Crippen LogP) is 5.92. The Bertz CT molecular complexity index is 1040. The molecule has 2 aliphatic heterocycles. The Balaban J connectivity index is 1.98. The molecule has 0 saturated carbocycles. The van der Waals surface area contributed by atoms with Crippen molar-refractivity contribution in [1.82, 2.24) is 5.32 Å². The van der Waals surface area contributed by atoms with E-state index in [-0.39, 0.29) is 28.4 Å². The molecule has 0 aliphatic carbocycles. The summed E-state index contributed by atoms with van der Waals surface area (Å²) >= 11 is 12.4. The van der Waals surface area contributed by atoms with E-state index in [4.69, 9.17) is 27.9 Å². The van der Waals surface area contributed by atoms with Crippen molar-refractivity contribution in [2.24, 2.45) is 5.41 Å². The van der Waals surface area contributed by atoms with Crippen molar-refractivity contribution in [1.29, 1.82) is 0 Å². The van der Waals surface area contributed by atoms with Crippen molar-refractivity contribution < 1.29 is 13.9 Å². The molecule has 0 bridgehead atoms. The molecule has 1 amide bonds. The molecule has 2 N–H and O–H groups in total. The lowest BCUT2D eigenvalue weighted by atomic mass is 9.62. The van der Waals surface area contributed by atoms with Gasteiger partial charge in [0.05, 0.1) is 11.6 Å². The van der Waals surface area contributed by atoms with Gasteiger partial charge in [0.25, 0.3) is 0 Å². The average molecular weight is 479 g/mol. The van der Waals surface area contributed by atoms with Gasteiger partial charge in [0.15, 0.2) is 0 Å². The average Bonchev–Trinajstić information content (AvgIpc) is 3.16. The molecule has 1 saturated heterocycles. The normalized spacial score (nSPS) is 27.1. The zero-order valence-corrected chi connectivity index (χ0v) is 20.3. The van der Waals surface area contributed by atoms with E-state index in [0.29, 0.717) is 35.9 Å².